The quantitative estimate of drug-likeness (QED) is 0.337. The number of hydrogen-bond acceptors (Lipinski definition) is 10. The Kier molecular flexibility index (Phi) is 9.95. The number of thioether (sulfide) groups is 1. The predicted molar refractivity (Wildman–Crippen MR) is 140 cm³/mol. The summed E-state index contributed by atoms with van der Waals surface area (Å²) in [6.07, 6.45) is 0. The van der Waals surface area contributed by atoms with Crippen molar-refractivity contribution in [2.24, 2.45) is 0 Å². The van der Waals surface area contributed by atoms with Crippen LogP contribution in [0.2, 0.25) is 0 Å². The number of methoxy groups -OCH3 is 2. The molecule has 0 bridgehead atoms. The van der Waals surface area contributed by atoms with Gasteiger partial charge >= 0.3 is 11.9 Å². The maximum atomic E-state index is 13.1. The van der Waals surface area contributed by atoms with Crippen LogP contribution in [0.25, 0.3) is 0 Å². The van der Waals surface area contributed by atoms with E-state index in [-0.39, 0.29) is 35.1 Å². The number of nitrogens with one attached hydrogen (secondary N) is 2. The number of Topliss-reactive ketones (excluding diaryl/α,β-unsaturated/α-hetero) is 1. The van der Waals surface area contributed by atoms with Crippen LogP contribution >= 0.6 is 27.7 Å². The van der Waals surface area contributed by atoms with Gasteiger partial charge in [0.25, 0.3) is 0 Å². The Labute approximate surface area is 226 Å². The van der Waals surface area contributed by atoms with Gasteiger partial charge in [-0.25, -0.2) is 9.59 Å². The highest BCUT2D eigenvalue weighted by molar-refractivity contribution is 9.10. The van der Waals surface area contributed by atoms with Gasteiger partial charge in [-0.3, -0.25) is 14.9 Å². The first kappa shape index (κ1) is 28.5. The fourth-order valence-corrected chi connectivity index (χ4v) is 5.04. The van der Waals surface area contributed by atoms with Crippen LogP contribution in [0.5, 0.6) is 11.5 Å². The number of cyclic esters (lactones) is 1. The molecule has 0 fully saturated rings. The van der Waals surface area contributed by atoms with Crippen molar-refractivity contribution in [3.8, 4) is 11.5 Å². The van der Waals surface area contributed by atoms with Crippen LogP contribution in [0.1, 0.15) is 31.8 Å². The summed E-state index contributed by atoms with van der Waals surface area (Å²) in [6, 6.07) is 5.97. The minimum Gasteiger partial charge on any atom is -0.507 e. The molecule has 0 spiro atoms. The predicted octanol–water partition coefficient (Wildman–Crippen LogP) is 2.37. The lowest BCUT2D eigenvalue weighted by atomic mass is 10.0. The lowest BCUT2D eigenvalue weighted by Gasteiger charge is -2.24. The normalized spacial score (nSPS) is 18.4. The molecule has 1 amide bonds. The minimum atomic E-state index is -1.15. The highest BCUT2D eigenvalue weighted by atomic mass is 79.9. The summed E-state index contributed by atoms with van der Waals surface area (Å²) in [5.74, 6) is -1.93. The number of fused-ring (bicyclic) bond motifs is 1. The van der Waals surface area contributed by atoms with E-state index in [1.54, 1.807) is 31.2 Å². The molecule has 0 radical (unpaired) electrons. The maximum absolute atomic E-state index is 13.1. The number of rotatable bonds is 6. The van der Waals surface area contributed by atoms with Gasteiger partial charge in [-0.15, -0.1) is 0 Å². The molecule has 3 rings (SSSR count). The zero-order valence-electron chi connectivity index (χ0n) is 20.5. The van der Waals surface area contributed by atoms with E-state index in [0.717, 1.165) is 4.47 Å². The van der Waals surface area contributed by atoms with Gasteiger partial charge in [-0.05, 0) is 19.1 Å². The van der Waals surface area contributed by atoms with Crippen molar-refractivity contribution in [3.05, 3.63) is 57.1 Å². The van der Waals surface area contributed by atoms with Crippen molar-refractivity contribution in [1.82, 2.24) is 10.6 Å². The molecule has 3 N–H and O–H groups in total. The van der Waals surface area contributed by atoms with Crippen molar-refractivity contribution in [2.75, 3.05) is 33.1 Å². The lowest BCUT2D eigenvalue weighted by molar-refractivity contribution is -0.144. The number of ketones is 1. The molecule has 2 aromatic carbocycles. The summed E-state index contributed by atoms with van der Waals surface area (Å²) < 4.78 is 16.4. The first-order chi connectivity index (χ1) is 17.7. The van der Waals surface area contributed by atoms with Gasteiger partial charge in [0.1, 0.15) is 30.2 Å². The first-order valence-corrected chi connectivity index (χ1v) is 13.2. The third-order valence-corrected chi connectivity index (χ3v) is 7.34. The Balaban J connectivity index is 1.90. The van der Waals surface area contributed by atoms with E-state index in [1.807, 2.05) is 0 Å². The molecule has 12 heteroatoms. The van der Waals surface area contributed by atoms with Crippen LogP contribution in [-0.2, 0) is 24.8 Å². The summed E-state index contributed by atoms with van der Waals surface area (Å²) in [5.41, 5.74) is 1.32. The van der Waals surface area contributed by atoms with Crippen LogP contribution in [0.4, 0.5) is 0 Å². The average molecular weight is 595 g/mol. The van der Waals surface area contributed by atoms with E-state index in [1.165, 1.54) is 32.0 Å². The molecule has 37 heavy (non-hydrogen) atoms. The third-order valence-electron chi connectivity index (χ3n) is 5.75. The molecule has 1 heterocycles. The van der Waals surface area contributed by atoms with E-state index in [4.69, 9.17) is 14.2 Å². The molecular weight excluding hydrogens is 568 g/mol. The Hall–Kier alpha value is -3.09. The van der Waals surface area contributed by atoms with Crippen molar-refractivity contribution in [1.29, 1.82) is 0 Å². The van der Waals surface area contributed by atoms with E-state index >= 15 is 0 Å². The molecule has 1 aliphatic heterocycles. The number of esters is 2. The first-order valence-electron chi connectivity index (χ1n) is 11.2. The highest BCUT2D eigenvalue weighted by Crippen LogP contribution is 2.35. The van der Waals surface area contributed by atoms with Gasteiger partial charge in [0, 0.05) is 38.7 Å². The van der Waals surface area contributed by atoms with Crippen LogP contribution < -0.4 is 15.4 Å². The number of hydrogen-bond donors (Lipinski definition) is 3. The molecular formula is C25H27BrN2O8S. The standard InChI is InChI=1S/C25H27BrN2O8S/c1-13-21(34-2)8-19(29)16-11-37-12-18(24(32)35-3)28-23(31)17(10-36-25(33)22(13)16)27-9-20(30)14-4-6-15(26)7-5-14/h4-8,17-18,27,29H,9-12H2,1-3H3,(H,28,31)/t17-,18-/m0/s1. The van der Waals surface area contributed by atoms with Crippen molar-refractivity contribution < 1.29 is 38.5 Å². The molecule has 198 valence electrons. The smallest absolute Gasteiger partial charge is 0.339 e. The van der Waals surface area contributed by atoms with E-state index in [0.29, 0.717) is 22.4 Å². The van der Waals surface area contributed by atoms with E-state index in [9.17, 15) is 24.3 Å². The van der Waals surface area contributed by atoms with E-state index in [2.05, 4.69) is 26.6 Å². The molecule has 0 saturated heterocycles. The summed E-state index contributed by atoms with van der Waals surface area (Å²) in [4.78, 5) is 51.2. The molecule has 0 saturated carbocycles. The maximum Gasteiger partial charge on any atom is 0.339 e. The van der Waals surface area contributed by atoms with Gasteiger partial charge in [-0.1, -0.05) is 28.1 Å². The number of aromatic hydroxyl groups is 1. The summed E-state index contributed by atoms with van der Waals surface area (Å²) >= 11 is 4.53. The molecule has 0 aromatic heterocycles. The van der Waals surface area contributed by atoms with Crippen molar-refractivity contribution in [2.45, 2.75) is 24.8 Å². The van der Waals surface area contributed by atoms with Gasteiger partial charge in [0.05, 0.1) is 26.3 Å². The van der Waals surface area contributed by atoms with E-state index < -0.39 is 36.5 Å². The number of carbonyl (C=O) groups excluding carboxylic acids is 4. The number of halogens is 1. The molecule has 0 aliphatic carbocycles. The Morgan fingerprint density at radius 3 is 2.59 bits per heavy atom. The van der Waals surface area contributed by atoms with Crippen LogP contribution in [0.3, 0.4) is 0 Å². The van der Waals surface area contributed by atoms with Crippen LogP contribution in [0, 0.1) is 6.92 Å². The zero-order chi connectivity index (χ0) is 27.1. The van der Waals surface area contributed by atoms with Crippen LogP contribution in [-0.4, -0.2) is 73.9 Å². The molecule has 2 atom stereocenters. The number of ether oxygens (including phenoxy) is 3. The Morgan fingerprint density at radius 2 is 1.95 bits per heavy atom. The molecule has 1 aliphatic rings. The average Bonchev–Trinajstić information content (AvgIpc) is 2.88. The second-order valence-corrected chi connectivity index (χ2v) is 10.1. The van der Waals surface area contributed by atoms with Gasteiger partial charge in [0.2, 0.25) is 5.91 Å². The second kappa shape index (κ2) is 12.9. The lowest BCUT2D eigenvalue weighted by Crippen LogP contribution is -2.54. The fraction of sp³-hybridized carbons (Fsp3) is 0.360. The van der Waals surface area contributed by atoms with Crippen molar-refractivity contribution in [3.63, 3.8) is 0 Å². The summed E-state index contributed by atoms with van der Waals surface area (Å²) in [7, 11) is 2.62. The molecule has 10 nitrogen and oxygen atoms in total. The third kappa shape index (κ3) is 7.02. The van der Waals surface area contributed by atoms with Crippen molar-refractivity contribution >= 4 is 51.3 Å². The topological polar surface area (TPSA) is 140 Å². The summed E-state index contributed by atoms with van der Waals surface area (Å²) in [6.45, 7) is 1.00. The monoisotopic (exact) mass is 594 g/mol. The summed E-state index contributed by atoms with van der Waals surface area (Å²) in [5, 5.41) is 16.0. The Morgan fingerprint density at radius 1 is 1.24 bits per heavy atom. The number of benzene rings is 2. The highest BCUT2D eigenvalue weighted by Gasteiger charge is 2.31. The largest absolute Gasteiger partial charge is 0.507 e. The SMILES string of the molecule is COC(=O)[C@@H]1CSCc2c(O)cc(OC)c(C)c2C(=O)OC[C@H](NCC(=O)c2ccc(Br)cc2)C(=O)N1. The molecule has 0 unspecified atom stereocenters. The van der Waals surface area contributed by atoms with Crippen LogP contribution in [0.15, 0.2) is 34.8 Å². The number of phenolic OH excluding ortho intramolecular Hbond substituents is 1. The second-order valence-electron chi connectivity index (χ2n) is 8.14. The number of amides is 1. The fourth-order valence-electron chi connectivity index (χ4n) is 3.71. The minimum absolute atomic E-state index is 0.113. The molecule has 2 aromatic rings. The van der Waals surface area contributed by atoms with Gasteiger partial charge < -0.3 is 24.6 Å². The Bertz CT molecular complexity index is 1190. The zero-order valence-corrected chi connectivity index (χ0v) is 22.9. The van der Waals surface area contributed by atoms with Gasteiger partial charge in [0.15, 0.2) is 5.78 Å². The number of carbonyl (C=O) groups is 4. The number of phenols is 1. The van der Waals surface area contributed by atoms with Gasteiger partial charge in [-0.2, -0.15) is 11.8 Å².